The van der Waals surface area contributed by atoms with Crippen LogP contribution in [0.5, 0.6) is 0 Å². The van der Waals surface area contributed by atoms with E-state index in [9.17, 15) is 25.9 Å². The molecule has 0 aliphatic heterocycles. The molecule has 12 heteroatoms. The van der Waals surface area contributed by atoms with Gasteiger partial charge < -0.3 is 9.11 Å². The van der Waals surface area contributed by atoms with Crippen molar-refractivity contribution in [2.24, 2.45) is 0 Å². The maximum atomic E-state index is 10.4. The van der Waals surface area contributed by atoms with Crippen molar-refractivity contribution in [3.05, 3.63) is 0 Å². The second-order valence-electron chi connectivity index (χ2n) is 3.26. The molecule has 0 fully saturated rings. The Kier molecular flexibility index (Phi) is 18.1. The molecule has 0 amide bonds. The zero-order valence-electron chi connectivity index (χ0n) is 10.7. The first-order valence-electron chi connectivity index (χ1n) is 4.19. The van der Waals surface area contributed by atoms with Crippen LogP contribution in [0.15, 0.2) is 0 Å². The van der Waals surface area contributed by atoms with E-state index in [1.165, 1.54) is 0 Å². The SMILES string of the molecule is CC(CS(=O)(=O)[O-])SSC(C)CS(=O)(=O)[O-].[K+].[K+]. The van der Waals surface area contributed by atoms with Gasteiger partial charge in [-0.25, -0.2) is 16.8 Å². The van der Waals surface area contributed by atoms with Gasteiger partial charge >= 0.3 is 103 Å². The molecular formula is C6H12K2O6S4. The second kappa shape index (κ2) is 12.2. The van der Waals surface area contributed by atoms with Gasteiger partial charge in [0, 0.05) is 10.5 Å². The molecule has 0 aliphatic rings. The maximum Gasteiger partial charge on any atom is 1.00 e. The molecule has 0 saturated carbocycles. The number of rotatable bonds is 7. The Bertz CT molecular complexity index is 368. The van der Waals surface area contributed by atoms with E-state index < -0.39 is 42.2 Å². The molecule has 0 aromatic carbocycles. The number of hydrogen-bond donors (Lipinski definition) is 0. The zero-order valence-corrected chi connectivity index (χ0v) is 20.2. The summed E-state index contributed by atoms with van der Waals surface area (Å²) >= 11 is 0. The number of hydrogen-bond acceptors (Lipinski definition) is 8. The molecule has 0 saturated heterocycles. The average Bonchev–Trinajstić information content (AvgIpc) is 1.94. The van der Waals surface area contributed by atoms with Crippen molar-refractivity contribution in [2.45, 2.75) is 24.3 Å². The molecule has 0 aromatic heterocycles. The molecule has 0 aliphatic carbocycles. The summed E-state index contributed by atoms with van der Waals surface area (Å²) in [6.07, 6.45) is 0. The van der Waals surface area contributed by atoms with Crippen LogP contribution in [0.1, 0.15) is 13.8 Å². The summed E-state index contributed by atoms with van der Waals surface area (Å²) in [5.41, 5.74) is 0. The van der Waals surface area contributed by atoms with Crippen LogP contribution in [0.2, 0.25) is 0 Å². The van der Waals surface area contributed by atoms with Crippen molar-refractivity contribution in [3.8, 4) is 0 Å². The third kappa shape index (κ3) is 19.8. The third-order valence-electron chi connectivity index (χ3n) is 1.26. The first-order valence-corrected chi connectivity index (χ1v) is 9.62. The van der Waals surface area contributed by atoms with Crippen LogP contribution < -0.4 is 103 Å². The summed E-state index contributed by atoms with van der Waals surface area (Å²) in [5.74, 6) is -1.02. The van der Waals surface area contributed by atoms with E-state index in [0.717, 1.165) is 21.6 Å². The molecule has 2 unspecified atom stereocenters. The molecule has 6 nitrogen and oxygen atoms in total. The van der Waals surface area contributed by atoms with Gasteiger partial charge in [-0.1, -0.05) is 35.4 Å². The van der Waals surface area contributed by atoms with Crippen molar-refractivity contribution in [1.29, 1.82) is 0 Å². The Balaban J connectivity index is -0.00000112. The fraction of sp³-hybridized carbons (Fsp3) is 1.00. The van der Waals surface area contributed by atoms with E-state index in [4.69, 9.17) is 0 Å². The normalized spacial score (nSPS) is 15.1. The van der Waals surface area contributed by atoms with E-state index in [0.29, 0.717) is 0 Å². The van der Waals surface area contributed by atoms with E-state index in [2.05, 4.69) is 0 Å². The van der Waals surface area contributed by atoms with Gasteiger partial charge in [-0.15, -0.1) is 0 Å². The minimum absolute atomic E-state index is 0. The monoisotopic (exact) mass is 386 g/mol. The fourth-order valence-corrected chi connectivity index (χ4v) is 5.93. The Morgan fingerprint density at radius 2 is 1.06 bits per heavy atom. The third-order valence-corrected chi connectivity index (χ3v) is 6.91. The summed E-state index contributed by atoms with van der Waals surface area (Å²) in [7, 11) is -6.37. The maximum absolute atomic E-state index is 10.4. The predicted octanol–water partition coefficient (Wildman–Crippen LogP) is -5.76. The molecule has 0 heterocycles. The van der Waals surface area contributed by atoms with Gasteiger partial charge in [0.1, 0.15) is 0 Å². The molecule has 0 spiro atoms. The van der Waals surface area contributed by atoms with Crippen LogP contribution >= 0.6 is 21.6 Å². The predicted molar refractivity (Wildman–Crippen MR) is 63.2 cm³/mol. The van der Waals surface area contributed by atoms with Crippen LogP contribution in [-0.2, 0) is 20.2 Å². The van der Waals surface area contributed by atoms with E-state index >= 15 is 0 Å². The van der Waals surface area contributed by atoms with Gasteiger partial charge in [0.15, 0.2) is 0 Å². The van der Waals surface area contributed by atoms with Crippen molar-refractivity contribution in [3.63, 3.8) is 0 Å². The molecule has 98 valence electrons. The van der Waals surface area contributed by atoms with Crippen LogP contribution in [0.25, 0.3) is 0 Å². The van der Waals surface area contributed by atoms with Crippen molar-refractivity contribution >= 4 is 41.8 Å². The first kappa shape index (κ1) is 26.7. The van der Waals surface area contributed by atoms with Gasteiger partial charge in [0.25, 0.3) is 0 Å². The van der Waals surface area contributed by atoms with Gasteiger partial charge in [-0.3, -0.25) is 0 Å². The quantitative estimate of drug-likeness (QED) is 0.241. The zero-order chi connectivity index (χ0) is 13.0. The molecule has 0 N–H and O–H groups in total. The van der Waals surface area contributed by atoms with Crippen LogP contribution in [0.4, 0.5) is 0 Å². The Morgan fingerprint density at radius 1 is 0.833 bits per heavy atom. The smallest absolute Gasteiger partial charge is 0.748 e. The topological polar surface area (TPSA) is 114 Å². The van der Waals surface area contributed by atoms with Gasteiger partial charge in [-0.2, -0.15) is 0 Å². The molecule has 0 aromatic rings. The van der Waals surface area contributed by atoms with E-state index in [1.54, 1.807) is 13.8 Å². The van der Waals surface area contributed by atoms with Crippen molar-refractivity contribution in [1.82, 2.24) is 0 Å². The van der Waals surface area contributed by atoms with Gasteiger partial charge in [-0.05, 0) is 0 Å². The molecular weight excluding hydrogens is 375 g/mol. The largest absolute Gasteiger partial charge is 1.00 e. The molecule has 0 rings (SSSR count). The van der Waals surface area contributed by atoms with Crippen molar-refractivity contribution < 1.29 is 129 Å². The Labute approximate surface area is 201 Å². The standard InChI is InChI=1S/C6H14O6S4.2K/c1-5(3-15(7,8)9)13-14-6(2)4-16(10,11)12;;/h5-6H,3-4H2,1-2H3,(H,7,8,9)(H,10,11,12);;/q;2*+1/p-2. The summed E-state index contributed by atoms with van der Waals surface area (Å²) in [5, 5.41) is -0.881. The first-order chi connectivity index (χ1) is 6.99. The fourth-order valence-electron chi connectivity index (χ4n) is 0.820. The molecule has 0 bridgehead atoms. The van der Waals surface area contributed by atoms with Crippen LogP contribution in [0.3, 0.4) is 0 Å². The molecule has 2 atom stereocenters. The molecule has 18 heavy (non-hydrogen) atoms. The Morgan fingerprint density at radius 3 is 1.22 bits per heavy atom. The van der Waals surface area contributed by atoms with E-state index in [-0.39, 0.29) is 103 Å². The van der Waals surface area contributed by atoms with Gasteiger partial charge in [0.2, 0.25) is 0 Å². The minimum atomic E-state index is -4.27. The second-order valence-corrected chi connectivity index (χ2v) is 9.31. The van der Waals surface area contributed by atoms with Crippen LogP contribution in [0, 0.1) is 0 Å². The Hall–Kier alpha value is 3.79. The minimum Gasteiger partial charge on any atom is -0.748 e. The van der Waals surface area contributed by atoms with Crippen molar-refractivity contribution in [2.75, 3.05) is 11.5 Å². The molecule has 0 radical (unpaired) electrons. The average molecular weight is 387 g/mol. The van der Waals surface area contributed by atoms with Gasteiger partial charge in [0.05, 0.1) is 31.7 Å². The summed E-state index contributed by atoms with van der Waals surface area (Å²) in [4.78, 5) is 0. The van der Waals surface area contributed by atoms with E-state index in [1.807, 2.05) is 0 Å². The summed E-state index contributed by atoms with van der Waals surface area (Å²) in [6, 6.07) is 0. The van der Waals surface area contributed by atoms with Crippen LogP contribution in [-0.4, -0.2) is 47.9 Å². The summed E-state index contributed by atoms with van der Waals surface area (Å²) < 4.78 is 62.3. The summed E-state index contributed by atoms with van der Waals surface area (Å²) in [6.45, 7) is 3.09.